The molecule has 0 saturated carbocycles. The summed E-state index contributed by atoms with van der Waals surface area (Å²) in [6.07, 6.45) is 8.27. The van der Waals surface area contributed by atoms with E-state index in [1.54, 1.807) is 0 Å². The average molecular weight is 245 g/mol. The van der Waals surface area contributed by atoms with Gasteiger partial charge in [0.2, 0.25) is 0 Å². The van der Waals surface area contributed by atoms with E-state index in [-0.39, 0.29) is 12.5 Å². The van der Waals surface area contributed by atoms with Gasteiger partial charge in [-0.05, 0) is 37.3 Å². The lowest BCUT2D eigenvalue weighted by Gasteiger charge is -2.21. The van der Waals surface area contributed by atoms with Crippen molar-refractivity contribution in [3.8, 4) is 0 Å². The molecule has 2 atom stereocenters. The van der Waals surface area contributed by atoms with Crippen LogP contribution in [0, 0.1) is 5.92 Å². The van der Waals surface area contributed by atoms with E-state index in [0.29, 0.717) is 0 Å². The van der Waals surface area contributed by atoms with Gasteiger partial charge in [-0.3, -0.25) is 0 Å². The van der Waals surface area contributed by atoms with Crippen molar-refractivity contribution in [3.05, 3.63) is 48.0 Å². The molecule has 0 aliphatic heterocycles. The standard InChI is InChI=1S/C16H23NO/c18-13-16(15-9-5-2-6-10-15)12-17-11-14-7-3-1-4-8-14/h1-3,5-6,9-10,14,16-18H,4,7-8,11-13H2. The Labute approximate surface area is 110 Å². The Kier molecular flexibility index (Phi) is 5.43. The summed E-state index contributed by atoms with van der Waals surface area (Å²) >= 11 is 0. The Balaban J connectivity index is 1.75. The molecule has 1 aliphatic rings. The molecule has 2 heteroatoms. The van der Waals surface area contributed by atoms with Crippen LogP contribution in [0.3, 0.4) is 0 Å². The lowest BCUT2D eigenvalue weighted by Crippen LogP contribution is -2.29. The number of aliphatic hydroxyl groups is 1. The summed E-state index contributed by atoms with van der Waals surface area (Å²) in [6, 6.07) is 10.3. The fourth-order valence-corrected chi connectivity index (χ4v) is 2.52. The lowest BCUT2D eigenvalue weighted by molar-refractivity contribution is 0.259. The highest BCUT2D eigenvalue weighted by molar-refractivity contribution is 5.19. The highest BCUT2D eigenvalue weighted by atomic mass is 16.3. The lowest BCUT2D eigenvalue weighted by atomic mass is 9.94. The van der Waals surface area contributed by atoms with Gasteiger partial charge in [0.25, 0.3) is 0 Å². The molecule has 0 aromatic heterocycles. The molecule has 2 rings (SSSR count). The average Bonchev–Trinajstić information content (AvgIpc) is 2.46. The predicted molar refractivity (Wildman–Crippen MR) is 75.6 cm³/mol. The van der Waals surface area contributed by atoms with Crippen molar-refractivity contribution in [2.24, 2.45) is 5.92 Å². The third-order valence-corrected chi connectivity index (χ3v) is 3.69. The van der Waals surface area contributed by atoms with E-state index in [9.17, 15) is 5.11 Å². The largest absolute Gasteiger partial charge is 0.396 e. The SMILES string of the molecule is OCC(CNCC1CC=CCC1)c1ccccc1. The molecule has 0 radical (unpaired) electrons. The van der Waals surface area contributed by atoms with E-state index >= 15 is 0 Å². The fraction of sp³-hybridized carbons (Fsp3) is 0.500. The smallest absolute Gasteiger partial charge is 0.0511 e. The minimum atomic E-state index is 0.210. The van der Waals surface area contributed by atoms with E-state index in [2.05, 4.69) is 29.6 Å². The van der Waals surface area contributed by atoms with Gasteiger partial charge in [0.05, 0.1) is 6.61 Å². The molecular weight excluding hydrogens is 222 g/mol. The van der Waals surface area contributed by atoms with Gasteiger partial charge in [-0.25, -0.2) is 0 Å². The first kappa shape index (κ1) is 13.3. The molecule has 1 aromatic carbocycles. The van der Waals surface area contributed by atoms with Crippen LogP contribution in [0.25, 0.3) is 0 Å². The van der Waals surface area contributed by atoms with E-state index in [0.717, 1.165) is 19.0 Å². The van der Waals surface area contributed by atoms with E-state index < -0.39 is 0 Å². The topological polar surface area (TPSA) is 32.3 Å². The van der Waals surface area contributed by atoms with Gasteiger partial charge < -0.3 is 10.4 Å². The summed E-state index contributed by atoms with van der Waals surface area (Å²) in [5, 5.41) is 13.0. The van der Waals surface area contributed by atoms with Crippen molar-refractivity contribution in [1.29, 1.82) is 0 Å². The third-order valence-electron chi connectivity index (χ3n) is 3.69. The van der Waals surface area contributed by atoms with Gasteiger partial charge in [0.1, 0.15) is 0 Å². The maximum absolute atomic E-state index is 9.47. The molecular formula is C16H23NO. The van der Waals surface area contributed by atoms with Gasteiger partial charge in [-0.1, -0.05) is 42.5 Å². The highest BCUT2D eigenvalue weighted by Gasteiger charge is 2.12. The van der Waals surface area contributed by atoms with Crippen molar-refractivity contribution in [1.82, 2.24) is 5.32 Å². The normalized spacial score (nSPS) is 20.8. The summed E-state index contributed by atoms with van der Waals surface area (Å²) in [4.78, 5) is 0. The maximum atomic E-state index is 9.47. The van der Waals surface area contributed by atoms with Crippen molar-refractivity contribution in [2.75, 3.05) is 19.7 Å². The van der Waals surface area contributed by atoms with E-state index in [1.807, 2.05) is 18.2 Å². The molecule has 2 N–H and O–H groups in total. The van der Waals surface area contributed by atoms with Crippen LogP contribution < -0.4 is 5.32 Å². The number of allylic oxidation sites excluding steroid dienone is 2. The summed E-state index contributed by atoms with van der Waals surface area (Å²) < 4.78 is 0. The van der Waals surface area contributed by atoms with Crippen LogP contribution in [-0.4, -0.2) is 24.8 Å². The van der Waals surface area contributed by atoms with Gasteiger partial charge in [-0.15, -0.1) is 0 Å². The summed E-state index contributed by atoms with van der Waals surface area (Å²) in [7, 11) is 0. The zero-order chi connectivity index (χ0) is 12.6. The molecule has 2 nitrogen and oxygen atoms in total. The zero-order valence-corrected chi connectivity index (χ0v) is 10.9. The third kappa shape index (κ3) is 3.97. The first-order valence-electron chi connectivity index (χ1n) is 6.91. The number of aliphatic hydroxyl groups excluding tert-OH is 1. The zero-order valence-electron chi connectivity index (χ0n) is 10.9. The molecule has 0 spiro atoms. The molecule has 0 heterocycles. The number of nitrogens with one attached hydrogen (secondary N) is 1. The van der Waals surface area contributed by atoms with Gasteiger partial charge in [0.15, 0.2) is 0 Å². The van der Waals surface area contributed by atoms with Gasteiger partial charge in [-0.2, -0.15) is 0 Å². The van der Waals surface area contributed by atoms with Gasteiger partial charge in [0, 0.05) is 12.5 Å². The minimum Gasteiger partial charge on any atom is -0.396 e. The van der Waals surface area contributed by atoms with E-state index in [4.69, 9.17) is 0 Å². The predicted octanol–water partition coefficient (Wildman–Crippen LogP) is 2.71. The fourth-order valence-electron chi connectivity index (χ4n) is 2.52. The Morgan fingerprint density at radius 3 is 2.72 bits per heavy atom. The number of rotatable bonds is 6. The monoisotopic (exact) mass is 245 g/mol. The quantitative estimate of drug-likeness (QED) is 0.755. The molecule has 2 unspecified atom stereocenters. The van der Waals surface area contributed by atoms with Crippen LogP contribution in [0.4, 0.5) is 0 Å². The Morgan fingerprint density at radius 1 is 1.22 bits per heavy atom. The van der Waals surface area contributed by atoms with Crippen LogP contribution >= 0.6 is 0 Å². The Morgan fingerprint density at radius 2 is 2.06 bits per heavy atom. The van der Waals surface area contributed by atoms with E-state index in [1.165, 1.54) is 24.8 Å². The maximum Gasteiger partial charge on any atom is 0.0511 e. The number of benzene rings is 1. The Hall–Kier alpha value is -1.12. The number of hydrogen-bond acceptors (Lipinski definition) is 2. The van der Waals surface area contributed by atoms with Crippen LogP contribution in [-0.2, 0) is 0 Å². The Bertz CT molecular complexity index is 361. The molecule has 0 amide bonds. The molecule has 1 aromatic rings. The van der Waals surface area contributed by atoms with Crippen LogP contribution in [0.5, 0.6) is 0 Å². The second-order valence-electron chi connectivity index (χ2n) is 5.10. The first-order valence-corrected chi connectivity index (χ1v) is 6.91. The summed E-state index contributed by atoms with van der Waals surface area (Å²) in [5.41, 5.74) is 1.22. The molecule has 18 heavy (non-hydrogen) atoms. The first-order chi connectivity index (χ1) is 8.90. The van der Waals surface area contributed by atoms with Crippen molar-refractivity contribution in [2.45, 2.75) is 25.2 Å². The van der Waals surface area contributed by atoms with Crippen molar-refractivity contribution < 1.29 is 5.11 Å². The highest BCUT2D eigenvalue weighted by Crippen LogP contribution is 2.18. The van der Waals surface area contributed by atoms with Gasteiger partial charge >= 0.3 is 0 Å². The summed E-state index contributed by atoms with van der Waals surface area (Å²) in [6.45, 7) is 2.13. The molecule has 0 bridgehead atoms. The minimum absolute atomic E-state index is 0.210. The van der Waals surface area contributed by atoms with Crippen LogP contribution in [0.15, 0.2) is 42.5 Å². The molecule has 0 fully saturated rings. The second kappa shape index (κ2) is 7.34. The number of hydrogen-bond donors (Lipinski definition) is 2. The van der Waals surface area contributed by atoms with Crippen LogP contribution in [0.1, 0.15) is 30.7 Å². The second-order valence-corrected chi connectivity index (χ2v) is 5.10. The van der Waals surface area contributed by atoms with Crippen molar-refractivity contribution in [3.63, 3.8) is 0 Å². The summed E-state index contributed by atoms with van der Waals surface area (Å²) in [5.74, 6) is 0.982. The van der Waals surface area contributed by atoms with Crippen LogP contribution in [0.2, 0.25) is 0 Å². The van der Waals surface area contributed by atoms with Crippen molar-refractivity contribution >= 4 is 0 Å². The molecule has 98 valence electrons. The molecule has 1 aliphatic carbocycles. The molecule has 0 saturated heterocycles.